The minimum atomic E-state index is -1.91. The lowest BCUT2D eigenvalue weighted by Gasteiger charge is -2.38. The zero-order chi connectivity index (χ0) is 56.8. The van der Waals surface area contributed by atoms with Gasteiger partial charge in [0.25, 0.3) is 0 Å². The number of ether oxygens (including phenoxy) is 6. The Balaban J connectivity index is 5.43. The van der Waals surface area contributed by atoms with E-state index in [4.69, 9.17) is 37.3 Å². The Morgan fingerprint density at radius 1 is 0.447 bits per heavy atom. The van der Waals surface area contributed by atoms with Gasteiger partial charge < -0.3 is 37.3 Å². The molecule has 12 nitrogen and oxygen atoms in total. The maximum atomic E-state index is 13.2. The predicted molar refractivity (Wildman–Crippen MR) is 321 cm³/mol. The molecule has 0 aromatic carbocycles. The van der Waals surface area contributed by atoms with Crippen LogP contribution in [0.5, 0.6) is 0 Å². The van der Waals surface area contributed by atoms with Crippen molar-refractivity contribution in [2.45, 2.75) is 278 Å². The summed E-state index contributed by atoms with van der Waals surface area (Å²) in [5, 5.41) is 0.241. The highest BCUT2D eigenvalue weighted by Gasteiger charge is 2.38. The van der Waals surface area contributed by atoms with Gasteiger partial charge in [0.2, 0.25) is 0 Å². The first kappa shape index (κ1) is 73.9. The van der Waals surface area contributed by atoms with Crippen LogP contribution < -0.4 is 0 Å². The van der Waals surface area contributed by atoms with Crippen LogP contribution in [0, 0.1) is 5.92 Å². The number of hydrogen-bond acceptors (Lipinski definition) is 12. The molecule has 76 heavy (non-hydrogen) atoms. The maximum absolute atomic E-state index is 13.2. The summed E-state index contributed by atoms with van der Waals surface area (Å²) < 4.78 is 47.9. The molecule has 1 unspecified atom stereocenters. The SMILES string of the molecule is CCCCC/C=C\C/C=C\CCCCCCCC(=O)OCC(COC(=O)CCC(OCCCCCCCC)OCCCCCCCC)COC(=O)OCCCN(CCO[Si](C)(C)C(C)(C)C)CCO[Si](C)(C)C(C)(C)C. The zero-order valence-electron chi connectivity index (χ0n) is 51.8. The van der Waals surface area contributed by atoms with E-state index in [9.17, 15) is 14.4 Å². The Morgan fingerprint density at radius 3 is 1.37 bits per heavy atom. The van der Waals surface area contributed by atoms with Crippen molar-refractivity contribution in [3.63, 3.8) is 0 Å². The minimum absolute atomic E-state index is 0.0477. The fourth-order valence-electron chi connectivity index (χ4n) is 7.74. The highest BCUT2D eigenvalue weighted by atomic mass is 28.4. The molecule has 14 heteroatoms. The highest BCUT2D eigenvalue weighted by Crippen LogP contribution is 2.37. The number of carbonyl (C=O) groups excluding carboxylic acids is 3. The van der Waals surface area contributed by atoms with E-state index in [2.05, 4.69) is 118 Å². The average Bonchev–Trinajstić information content (AvgIpc) is 3.35. The number of allylic oxidation sites excluding steroid dienone is 4. The van der Waals surface area contributed by atoms with Gasteiger partial charge in [-0.25, -0.2) is 4.79 Å². The van der Waals surface area contributed by atoms with Gasteiger partial charge in [-0.3, -0.25) is 14.5 Å². The fraction of sp³-hybridized carbons (Fsp3) is 0.887. The molecule has 0 aliphatic heterocycles. The number of esters is 2. The molecule has 0 rings (SSSR count). The van der Waals surface area contributed by atoms with Gasteiger partial charge in [0.15, 0.2) is 22.9 Å². The molecular weight excluding hydrogens is 991 g/mol. The summed E-state index contributed by atoms with van der Waals surface area (Å²) in [5.74, 6) is -1.29. The topological polar surface area (TPSA) is 128 Å². The molecule has 0 fully saturated rings. The van der Waals surface area contributed by atoms with E-state index in [0.29, 0.717) is 52.2 Å². The standard InChI is InChI=1S/C62H121NO11Si2/c1-14-17-20-23-26-27-28-29-30-31-32-33-34-35-38-42-57(64)70-53-56(54-71-58(65)43-44-59(67-48-39-36-24-21-18-15-2)68-49-40-37-25-22-19-16-3)55-72-60(66)69-50-41-45-63(46-51-73-75(10,11)61(4,5)6)47-52-74-76(12,13)62(7,8)9/h26-27,29-30,56,59H,14-25,28,31-55H2,1-13H3/b27-26-,30-29-. The quantitative estimate of drug-likeness (QED) is 0.0144. The largest absolute Gasteiger partial charge is 0.508 e. The average molecular weight is 1110 g/mol. The second-order valence-electron chi connectivity index (χ2n) is 24.3. The number of nitrogens with zero attached hydrogens (tertiary/aromatic N) is 1. The summed E-state index contributed by atoms with van der Waals surface area (Å²) in [6, 6.07) is 0. The summed E-state index contributed by atoms with van der Waals surface area (Å²) >= 11 is 0. The third kappa shape index (κ3) is 42.8. The molecule has 0 heterocycles. The van der Waals surface area contributed by atoms with Crippen molar-refractivity contribution in [1.82, 2.24) is 4.90 Å². The first-order valence-corrected chi connectivity index (χ1v) is 36.6. The van der Waals surface area contributed by atoms with E-state index in [1.807, 2.05) is 0 Å². The van der Waals surface area contributed by atoms with Crippen LogP contribution in [0.25, 0.3) is 0 Å². The van der Waals surface area contributed by atoms with Crippen molar-refractivity contribution < 1.29 is 51.7 Å². The number of unbranched alkanes of at least 4 members (excludes halogenated alkanes) is 18. The number of hydrogen-bond donors (Lipinski definition) is 0. The maximum Gasteiger partial charge on any atom is 0.508 e. The first-order chi connectivity index (χ1) is 36.2. The van der Waals surface area contributed by atoms with E-state index < -0.39 is 41.0 Å². The van der Waals surface area contributed by atoms with Crippen LogP contribution >= 0.6 is 0 Å². The van der Waals surface area contributed by atoms with Crippen molar-refractivity contribution in [3.8, 4) is 0 Å². The third-order valence-electron chi connectivity index (χ3n) is 15.1. The fourth-order valence-corrected chi connectivity index (χ4v) is 9.80. The van der Waals surface area contributed by atoms with Crippen molar-refractivity contribution >= 4 is 34.7 Å². The molecule has 0 aromatic rings. The van der Waals surface area contributed by atoms with Crippen LogP contribution in [0.15, 0.2) is 24.3 Å². The molecule has 0 aliphatic rings. The lowest BCUT2D eigenvalue weighted by Crippen LogP contribution is -2.45. The second kappa shape index (κ2) is 46.7. The summed E-state index contributed by atoms with van der Waals surface area (Å²) in [5.41, 5.74) is 0. The molecular formula is C62H121NO11Si2. The van der Waals surface area contributed by atoms with E-state index in [0.717, 1.165) is 83.7 Å². The van der Waals surface area contributed by atoms with Crippen LogP contribution in [-0.4, -0.2) is 118 Å². The number of rotatable bonds is 51. The lowest BCUT2D eigenvalue weighted by molar-refractivity contribution is -0.161. The molecule has 0 saturated heterocycles. The van der Waals surface area contributed by atoms with Crippen molar-refractivity contribution in [2.75, 3.05) is 72.5 Å². The number of carbonyl (C=O) groups is 3. The Labute approximate surface area is 470 Å². The molecule has 0 amide bonds. The Bertz CT molecular complexity index is 1410. The predicted octanol–water partition coefficient (Wildman–Crippen LogP) is 17.3. The van der Waals surface area contributed by atoms with Gasteiger partial charge in [0.1, 0.15) is 19.8 Å². The molecule has 0 bridgehead atoms. The van der Waals surface area contributed by atoms with Crippen LogP contribution in [0.3, 0.4) is 0 Å². The van der Waals surface area contributed by atoms with Gasteiger partial charge in [0, 0.05) is 58.9 Å². The smallest absolute Gasteiger partial charge is 0.465 e. The monoisotopic (exact) mass is 1110 g/mol. The summed E-state index contributed by atoms with van der Waals surface area (Å²) in [6.07, 6.45) is 35.3. The van der Waals surface area contributed by atoms with E-state index in [1.165, 1.54) is 77.0 Å². The molecule has 0 aromatic heterocycles. The van der Waals surface area contributed by atoms with Crippen molar-refractivity contribution in [1.29, 1.82) is 0 Å². The summed E-state index contributed by atoms with van der Waals surface area (Å²) in [6.45, 7) is 33.8. The Morgan fingerprint density at radius 2 is 0.868 bits per heavy atom. The molecule has 0 saturated carbocycles. The third-order valence-corrected chi connectivity index (χ3v) is 24.2. The summed E-state index contributed by atoms with van der Waals surface area (Å²) in [7, 11) is -3.82. The van der Waals surface area contributed by atoms with Gasteiger partial charge in [-0.1, -0.05) is 183 Å². The van der Waals surface area contributed by atoms with Crippen molar-refractivity contribution in [3.05, 3.63) is 24.3 Å². The first-order valence-electron chi connectivity index (χ1n) is 30.8. The van der Waals surface area contributed by atoms with Crippen molar-refractivity contribution in [2.24, 2.45) is 5.92 Å². The van der Waals surface area contributed by atoms with Gasteiger partial charge in [-0.15, -0.1) is 0 Å². The lowest BCUT2D eigenvalue weighted by atomic mass is 10.1. The van der Waals surface area contributed by atoms with Crippen LogP contribution in [0.2, 0.25) is 36.3 Å². The van der Waals surface area contributed by atoms with Crippen LogP contribution in [0.4, 0.5) is 4.79 Å². The van der Waals surface area contributed by atoms with Gasteiger partial charge in [-0.2, -0.15) is 0 Å². The van der Waals surface area contributed by atoms with Crippen LogP contribution in [0.1, 0.15) is 236 Å². The van der Waals surface area contributed by atoms with Crippen LogP contribution in [-0.2, 0) is 46.9 Å². The van der Waals surface area contributed by atoms with Gasteiger partial charge >= 0.3 is 18.1 Å². The summed E-state index contributed by atoms with van der Waals surface area (Å²) in [4.78, 5) is 41.4. The highest BCUT2D eigenvalue weighted by molar-refractivity contribution is 6.74. The Hall–Kier alpha value is -2.08. The zero-order valence-corrected chi connectivity index (χ0v) is 53.8. The molecule has 0 aliphatic carbocycles. The normalized spacial score (nSPS) is 13.1. The van der Waals surface area contributed by atoms with E-state index in [-0.39, 0.29) is 48.9 Å². The molecule has 1 atom stereocenters. The Kier molecular flexibility index (Phi) is 45.4. The second-order valence-corrected chi connectivity index (χ2v) is 33.9. The van der Waals surface area contributed by atoms with E-state index >= 15 is 0 Å². The van der Waals surface area contributed by atoms with Gasteiger partial charge in [-0.05, 0) is 94.1 Å². The molecule has 0 radical (unpaired) electrons. The van der Waals surface area contributed by atoms with E-state index in [1.54, 1.807) is 0 Å². The van der Waals surface area contributed by atoms with Gasteiger partial charge in [0.05, 0.1) is 18.9 Å². The molecule has 448 valence electrons. The molecule has 0 N–H and O–H groups in total. The minimum Gasteiger partial charge on any atom is -0.465 e. The molecule has 0 spiro atoms.